The highest BCUT2D eigenvalue weighted by Crippen LogP contribution is 2.31. The first kappa shape index (κ1) is 14.4. The smallest absolute Gasteiger partial charge is 0.340 e. The molecule has 0 radical (unpaired) electrons. The molecule has 2 nitrogen and oxygen atoms in total. The van der Waals surface area contributed by atoms with E-state index in [2.05, 4.69) is 4.98 Å². The van der Waals surface area contributed by atoms with Gasteiger partial charge < -0.3 is 4.42 Å². The molecule has 0 aliphatic carbocycles. The number of para-hydroxylation sites is 2. The molecule has 1 heterocycles. The van der Waals surface area contributed by atoms with Crippen molar-refractivity contribution in [3.05, 3.63) is 78.2 Å². The van der Waals surface area contributed by atoms with E-state index in [4.69, 9.17) is 4.42 Å². The number of nitrogens with zero attached hydrogens (tertiary/aromatic N) is 1. The Morgan fingerprint density at radius 2 is 1.73 bits per heavy atom. The molecule has 0 N–H and O–H groups in total. The van der Waals surface area contributed by atoms with Crippen molar-refractivity contribution < 1.29 is 13.2 Å². The van der Waals surface area contributed by atoms with Crippen molar-refractivity contribution in [2.45, 2.75) is 18.8 Å². The predicted molar refractivity (Wildman–Crippen MR) is 81.8 cm³/mol. The van der Waals surface area contributed by atoms with Gasteiger partial charge >= 0.3 is 5.92 Å². The van der Waals surface area contributed by atoms with Gasteiger partial charge in [0.25, 0.3) is 5.89 Å². The van der Waals surface area contributed by atoms with E-state index in [1.165, 1.54) is 6.08 Å². The van der Waals surface area contributed by atoms with Crippen LogP contribution in [-0.2, 0) is 12.3 Å². The minimum Gasteiger partial charge on any atom is -0.435 e. The van der Waals surface area contributed by atoms with Crippen LogP contribution in [0.4, 0.5) is 8.78 Å². The lowest BCUT2D eigenvalue weighted by Gasteiger charge is -2.06. The van der Waals surface area contributed by atoms with E-state index in [1.807, 2.05) is 30.3 Å². The number of benzene rings is 2. The standard InChI is InChI=1S/C18H15F2NO/c19-18(20,13-7-6-10-14-8-2-1-3-9-14)17-21-15-11-4-5-12-16(15)22-17/h1-5,7-9,11-13H,6,10H2. The summed E-state index contributed by atoms with van der Waals surface area (Å²) in [6.07, 6.45) is 3.60. The fourth-order valence-electron chi connectivity index (χ4n) is 2.21. The monoisotopic (exact) mass is 299 g/mol. The third-order valence-electron chi connectivity index (χ3n) is 3.35. The molecule has 0 saturated carbocycles. The van der Waals surface area contributed by atoms with E-state index in [0.29, 0.717) is 17.5 Å². The molecule has 0 aliphatic rings. The molecular formula is C18H15F2NO. The Morgan fingerprint density at radius 3 is 2.50 bits per heavy atom. The molecule has 3 aromatic rings. The topological polar surface area (TPSA) is 26.0 Å². The van der Waals surface area contributed by atoms with Crippen LogP contribution in [0.15, 0.2) is 71.2 Å². The number of fused-ring (bicyclic) bond motifs is 1. The Balaban J connectivity index is 1.68. The molecule has 1 aromatic heterocycles. The van der Waals surface area contributed by atoms with Crippen molar-refractivity contribution in [1.82, 2.24) is 4.98 Å². The molecule has 3 rings (SSSR count). The second kappa shape index (κ2) is 6.10. The van der Waals surface area contributed by atoms with Crippen LogP contribution >= 0.6 is 0 Å². The highest BCUT2D eigenvalue weighted by molar-refractivity contribution is 5.72. The summed E-state index contributed by atoms with van der Waals surface area (Å²) >= 11 is 0. The minimum atomic E-state index is -3.20. The van der Waals surface area contributed by atoms with Crippen LogP contribution < -0.4 is 0 Å². The number of hydrogen-bond acceptors (Lipinski definition) is 2. The fraction of sp³-hybridized carbons (Fsp3) is 0.167. The van der Waals surface area contributed by atoms with Crippen molar-refractivity contribution in [3.63, 3.8) is 0 Å². The first-order valence-electron chi connectivity index (χ1n) is 7.11. The van der Waals surface area contributed by atoms with Crippen LogP contribution in [0.25, 0.3) is 11.1 Å². The zero-order chi connectivity index (χ0) is 15.4. The average molecular weight is 299 g/mol. The van der Waals surface area contributed by atoms with Crippen molar-refractivity contribution in [3.8, 4) is 0 Å². The summed E-state index contributed by atoms with van der Waals surface area (Å²) in [5.74, 6) is -3.76. The molecule has 2 aromatic carbocycles. The van der Waals surface area contributed by atoms with Gasteiger partial charge in [0.15, 0.2) is 5.58 Å². The summed E-state index contributed by atoms with van der Waals surface area (Å²) in [5.41, 5.74) is 1.93. The van der Waals surface area contributed by atoms with Gasteiger partial charge in [-0.15, -0.1) is 0 Å². The van der Waals surface area contributed by atoms with Gasteiger partial charge in [-0.3, -0.25) is 0 Å². The molecule has 0 unspecified atom stereocenters. The van der Waals surface area contributed by atoms with E-state index in [9.17, 15) is 8.78 Å². The quantitative estimate of drug-likeness (QED) is 0.612. The van der Waals surface area contributed by atoms with E-state index >= 15 is 0 Å². The highest BCUT2D eigenvalue weighted by atomic mass is 19.3. The average Bonchev–Trinajstić information content (AvgIpc) is 2.98. The number of oxazole rings is 1. The van der Waals surface area contributed by atoms with E-state index in [0.717, 1.165) is 18.1 Å². The Kier molecular flexibility index (Phi) is 4.00. The SMILES string of the molecule is FC(F)(C=CCCc1ccccc1)c1nc2ccccc2o1. The van der Waals surface area contributed by atoms with Gasteiger partial charge in [-0.2, -0.15) is 8.78 Å². The molecule has 0 fully saturated rings. The van der Waals surface area contributed by atoms with Gasteiger partial charge in [-0.1, -0.05) is 48.5 Å². The second-order valence-electron chi connectivity index (χ2n) is 5.04. The summed E-state index contributed by atoms with van der Waals surface area (Å²) in [5, 5.41) is 0. The van der Waals surface area contributed by atoms with Crippen LogP contribution in [-0.4, -0.2) is 4.98 Å². The molecular weight excluding hydrogens is 284 g/mol. The minimum absolute atomic E-state index is 0.370. The fourth-order valence-corrected chi connectivity index (χ4v) is 2.21. The van der Waals surface area contributed by atoms with Crippen LogP contribution in [0.2, 0.25) is 0 Å². The van der Waals surface area contributed by atoms with Crippen LogP contribution in [0.3, 0.4) is 0 Å². The predicted octanol–water partition coefficient (Wildman–Crippen LogP) is 5.11. The van der Waals surface area contributed by atoms with Crippen molar-refractivity contribution in [1.29, 1.82) is 0 Å². The number of aromatic nitrogens is 1. The summed E-state index contributed by atoms with van der Waals surface area (Å²) in [7, 11) is 0. The highest BCUT2D eigenvalue weighted by Gasteiger charge is 2.34. The number of hydrogen-bond donors (Lipinski definition) is 0. The van der Waals surface area contributed by atoms with Gasteiger partial charge in [0, 0.05) is 0 Å². The number of aryl methyl sites for hydroxylation is 1. The van der Waals surface area contributed by atoms with Gasteiger partial charge in [0.1, 0.15) is 5.52 Å². The van der Waals surface area contributed by atoms with Crippen molar-refractivity contribution >= 4 is 11.1 Å². The first-order valence-corrected chi connectivity index (χ1v) is 7.11. The van der Waals surface area contributed by atoms with Crippen molar-refractivity contribution in [2.75, 3.05) is 0 Å². The van der Waals surface area contributed by atoms with E-state index < -0.39 is 11.8 Å². The number of rotatable bonds is 5. The normalized spacial score (nSPS) is 12.3. The first-order chi connectivity index (χ1) is 10.6. The molecule has 4 heteroatoms. The molecule has 112 valence electrons. The maximum Gasteiger partial charge on any atom is 0.340 e. The maximum atomic E-state index is 14.1. The zero-order valence-electron chi connectivity index (χ0n) is 11.9. The number of halogens is 2. The van der Waals surface area contributed by atoms with Crippen LogP contribution in [0.5, 0.6) is 0 Å². The maximum absolute atomic E-state index is 14.1. The van der Waals surface area contributed by atoms with E-state index in [1.54, 1.807) is 24.3 Å². The summed E-state index contributed by atoms with van der Waals surface area (Å²) < 4.78 is 33.3. The van der Waals surface area contributed by atoms with Gasteiger partial charge in [-0.05, 0) is 36.6 Å². The lowest BCUT2D eigenvalue weighted by Crippen LogP contribution is -2.09. The van der Waals surface area contributed by atoms with Crippen LogP contribution in [0, 0.1) is 0 Å². The Labute approximate surface area is 127 Å². The Hall–Kier alpha value is -2.49. The molecule has 0 spiro atoms. The van der Waals surface area contributed by atoms with Gasteiger partial charge in [0.05, 0.1) is 0 Å². The van der Waals surface area contributed by atoms with Gasteiger partial charge in [-0.25, -0.2) is 4.98 Å². The van der Waals surface area contributed by atoms with Crippen LogP contribution in [0.1, 0.15) is 17.9 Å². The third-order valence-corrected chi connectivity index (χ3v) is 3.35. The summed E-state index contributed by atoms with van der Waals surface area (Å²) in [6, 6.07) is 16.5. The Morgan fingerprint density at radius 1 is 1.00 bits per heavy atom. The number of allylic oxidation sites excluding steroid dienone is 2. The molecule has 0 aliphatic heterocycles. The van der Waals surface area contributed by atoms with Gasteiger partial charge in [0.2, 0.25) is 0 Å². The Bertz CT molecular complexity index is 745. The largest absolute Gasteiger partial charge is 0.435 e. The lowest BCUT2D eigenvalue weighted by atomic mass is 10.1. The molecule has 0 amide bonds. The lowest BCUT2D eigenvalue weighted by molar-refractivity contribution is 0.0232. The van der Waals surface area contributed by atoms with Crippen molar-refractivity contribution in [2.24, 2.45) is 0 Å². The molecule has 0 atom stereocenters. The summed E-state index contributed by atoms with van der Waals surface area (Å²) in [6.45, 7) is 0. The zero-order valence-corrected chi connectivity index (χ0v) is 11.9. The summed E-state index contributed by atoms with van der Waals surface area (Å²) in [4.78, 5) is 3.85. The number of alkyl halides is 2. The molecule has 22 heavy (non-hydrogen) atoms. The molecule has 0 bridgehead atoms. The second-order valence-corrected chi connectivity index (χ2v) is 5.04. The van der Waals surface area contributed by atoms with E-state index in [-0.39, 0.29) is 0 Å². The molecule has 0 saturated heterocycles. The third kappa shape index (κ3) is 3.22.